The molecule has 0 spiro atoms. The number of ether oxygens (including phenoxy) is 3. The molecule has 3 heterocycles. The minimum atomic E-state index is -0.971. The zero-order valence-electron chi connectivity index (χ0n) is 24.8. The summed E-state index contributed by atoms with van der Waals surface area (Å²) in [5.41, 5.74) is 4.92. The molecule has 3 aliphatic rings. The Hall–Kier alpha value is -2.55. The van der Waals surface area contributed by atoms with Crippen molar-refractivity contribution in [2.24, 2.45) is 5.41 Å². The van der Waals surface area contributed by atoms with Gasteiger partial charge in [0.1, 0.15) is 17.6 Å². The van der Waals surface area contributed by atoms with E-state index in [4.69, 9.17) is 19.2 Å². The Labute approximate surface area is 243 Å². The van der Waals surface area contributed by atoms with Gasteiger partial charge in [0.05, 0.1) is 25.9 Å². The normalized spacial score (nSPS) is 23.2. The number of aliphatic carboxylic acids is 1. The second-order valence-electron chi connectivity index (χ2n) is 12.7. The lowest BCUT2D eigenvalue weighted by Crippen LogP contribution is -2.35. The van der Waals surface area contributed by atoms with Crippen molar-refractivity contribution in [1.29, 1.82) is 0 Å². The lowest BCUT2D eigenvalue weighted by atomic mass is 9.82. The summed E-state index contributed by atoms with van der Waals surface area (Å²) >= 11 is 0. The van der Waals surface area contributed by atoms with Gasteiger partial charge in [0.2, 0.25) is 0 Å². The molecule has 2 fully saturated rings. The van der Waals surface area contributed by atoms with E-state index in [-0.39, 0.29) is 17.6 Å². The number of halogens is 1. The second-order valence-corrected chi connectivity index (χ2v) is 12.7. The van der Waals surface area contributed by atoms with Gasteiger partial charge in [-0.2, -0.15) is 0 Å². The first kappa shape index (κ1) is 29.9. The summed E-state index contributed by atoms with van der Waals surface area (Å²) in [5.74, 6) is -0.425. The third-order valence-electron chi connectivity index (χ3n) is 8.94. The van der Waals surface area contributed by atoms with Gasteiger partial charge in [-0.15, -0.1) is 0 Å². The Kier molecular flexibility index (Phi) is 9.62. The molecule has 1 N–H and O–H groups in total. The number of rotatable bonds is 11. The largest absolute Gasteiger partial charge is 0.496 e. The van der Waals surface area contributed by atoms with Crippen molar-refractivity contribution in [3.63, 3.8) is 0 Å². The molecule has 2 aromatic rings. The van der Waals surface area contributed by atoms with Crippen LogP contribution in [-0.2, 0) is 33.5 Å². The topological polar surface area (TPSA) is 81.1 Å². The summed E-state index contributed by atoms with van der Waals surface area (Å²) in [7, 11) is 1.74. The van der Waals surface area contributed by atoms with E-state index in [1.165, 1.54) is 36.2 Å². The van der Waals surface area contributed by atoms with Crippen LogP contribution in [0.25, 0.3) is 0 Å². The molecule has 0 radical (unpaired) electrons. The number of unbranched alkanes of at least 4 members (excludes halogenated alkanes) is 1. The molecule has 7 nitrogen and oxygen atoms in total. The minimum absolute atomic E-state index is 0.0393. The van der Waals surface area contributed by atoms with Crippen LogP contribution in [0.15, 0.2) is 24.3 Å². The molecule has 0 saturated carbocycles. The fourth-order valence-electron chi connectivity index (χ4n) is 6.63. The quantitative estimate of drug-likeness (QED) is 0.322. The number of carboxylic acid groups (broad SMARTS) is 1. The highest BCUT2D eigenvalue weighted by Gasteiger charge is 2.38. The molecule has 8 heteroatoms. The monoisotopic (exact) mass is 568 g/mol. The summed E-state index contributed by atoms with van der Waals surface area (Å²) in [5, 5.41) is 10.3. The molecule has 1 aromatic carbocycles. The number of pyridine rings is 1. The van der Waals surface area contributed by atoms with Crippen molar-refractivity contribution in [3.8, 4) is 5.75 Å². The first-order valence-electron chi connectivity index (χ1n) is 15.3. The van der Waals surface area contributed by atoms with E-state index in [0.29, 0.717) is 31.9 Å². The third kappa shape index (κ3) is 7.27. The Morgan fingerprint density at radius 2 is 2.05 bits per heavy atom. The van der Waals surface area contributed by atoms with Crippen molar-refractivity contribution in [3.05, 3.63) is 58.2 Å². The van der Waals surface area contributed by atoms with Crippen molar-refractivity contribution < 1.29 is 28.5 Å². The number of aromatic nitrogens is 1. The van der Waals surface area contributed by atoms with E-state index in [1.807, 2.05) is 4.90 Å². The van der Waals surface area contributed by atoms with E-state index in [9.17, 15) is 14.3 Å². The zero-order valence-corrected chi connectivity index (χ0v) is 24.8. The number of hydrogen-bond acceptors (Lipinski definition) is 6. The molecule has 1 aliphatic carbocycles. The lowest BCUT2D eigenvalue weighted by Gasteiger charge is -2.36. The number of fused-ring (bicyclic) bond motifs is 1. The molecule has 5 rings (SSSR count). The van der Waals surface area contributed by atoms with Crippen LogP contribution < -0.4 is 4.74 Å². The van der Waals surface area contributed by atoms with Gasteiger partial charge in [-0.3, -0.25) is 14.7 Å². The van der Waals surface area contributed by atoms with Gasteiger partial charge >= 0.3 is 5.97 Å². The number of carboxylic acids is 1. The molecular weight excluding hydrogens is 523 g/mol. The summed E-state index contributed by atoms with van der Waals surface area (Å²) < 4.78 is 32.4. The van der Waals surface area contributed by atoms with E-state index in [1.54, 1.807) is 13.2 Å². The van der Waals surface area contributed by atoms with Crippen LogP contribution in [0, 0.1) is 11.2 Å². The molecule has 2 saturated heterocycles. The lowest BCUT2D eigenvalue weighted by molar-refractivity contribution is -0.143. The number of hydrogen-bond donors (Lipinski definition) is 1. The Morgan fingerprint density at radius 3 is 2.80 bits per heavy atom. The predicted octanol–water partition coefficient (Wildman–Crippen LogP) is 6.23. The summed E-state index contributed by atoms with van der Waals surface area (Å²) in [6, 6.07) is 5.66. The maximum Gasteiger partial charge on any atom is 0.325 e. The highest BCUT2D eigenvalue weighted by Crippen LogP contribution is 2.41. The molecule has 3 atom stereocenters. The average molecular weight is 569 g/mol. The van der Waals surface area contributed by atoms with Crippen molar-refractivity contribution in [2.45, 2.75) is 96.3 Å². The predicted molar refractivity (Wildman–Crippen MR) is 155 cm³/mol. The molecule has 2 aliphatic heterocycles. The van der Waals surface area contributed by atoms with Crippen molar-refractivity contribution >= 4 is 5.97 Å². The number of benzene rings is 1. The molecule has 41 heavy (non-hydrogen) atoms. The van der Waals surface area contributed by atoms with Crippen LogP contribution in [0.2, 0.25) is 0 Å². The molecule has 0 amide bonds. The number of carbonyl (C=O) groups is 1. The number of nitrogens with zero attached hydrogens (tertiary/aromatic N) is 2. The van der Waals surface area contributed by atoms with E-state index < -0.39 is 17.8 Å². The molecule has 2 unspecified atom stereocenters. The van der Waals surface area contributed by atoms with E-state index >= 15 is 0 Å². The van der Waals surface area contributed by atoms with Gasteiger partial charge in [0.25, 0.3) is 0 Å². The summed E-state index contributed by atoms with van der Waals surface area (Å²) in [6.45, 7) is 6.66. The van der Waals surface area contributed by atoms with Gasteiger partial charge in [-0.1, -0.05) is 19.9 Å². The number of aryl methyl sites for hydroxylation is 2. The molecule has 0 bridgehead atoms. The zero-order chi connectivity index (χ0) is 29.0. The van der Waals surface area contributed by atoms with Crippen LogP contribution in [0.5, 0.6) is 5.75 Å². The van der Waals surface area contributed by atoms with Gasteiger partial charge in [-0.05, 0) is 92.9 Å². The second kappa shape index (κ2) is 13.2. The van der Waals surface area contributed by atoms with Crippen LogP contribution in [0.1, 0.15) is 99.0 Å². The van der Waals surface area contributed by atoms with Crippen molar-refractivity contribution in [1.82, 2.24) is 9.88 Å². The van der Waals surface area contributed by atoms with Crippen LogP contribution in [0.4, 0.5) is 4.39 Å². The highest BCUT2D eigenvalue weighted by molar-refractivity contribution is 5.76. The first-order chi connectivity index (χ1) is 19.7. The maximum absolute atomic E-state index is 14.4. The van der Waals surface area contributed by atoms with Crippen LogP contribution in [-0.4, -0.2) is 60.5 Å². The third-order valence-corrected chi connectivity index (χ3v) is 8.94. The number of methoxy groups -OCH3 is 1. The smallest absolute Gasteiger partial charge is 0.325 e. The van der Waals surface area contributed by atoms with Gasteiger partial charge in [0, 0.05) is 42.7 Å². The maximum atomic E-state index is 14.4. The molecule has 224 valence electrons. The molecule has 1 aromatic heterocycles. The van der Waals surface area contributed by atoms with E-state index in [0.717, 1.165) is 68.4 Å². The van der Waals surface area contributed by atoms with Crippen molar-refractivity contribution in [2.75, 3.05) is 33.4 Å². The Balaban J connectivity index is 1.15. The fraction of sp³-hybridized carbons (Fsp3) is 0.636. The summed E-state index contributed by atoms with van der Waals surface area (Å²) in [6.07, 6.45) is 9.48. The van der Waals surface area contributed by atoms with Gasteiger partial charge < -0.3 is 19.3 Å². The highest BCUT2D eigenvalue weighted by atomic mass is 19.1. The Morgan fingerprint density at radius 1 is 1.22 bits per heavy atom. The average Bonchev–Trinajstić information content (AvgIpc) is 3.41. The first-order valence-corrected chi connectivity index (χ1v) is 15.3. The molecular formula is C33H45FN2O5. The fourth-order valence-corrected chi connectivity index (χ4v) is 6.63. The standard InChI is InChI=1S/C33H45FN2O5/c1-33(2)15-13-29(41-21-33)25-12-11-22(34)18-27(25)31(32(37)38)36-16-14-24(20-36)40-17-7-6-8-23-19-30(39-3)26-9-4-5-10-28(26)35-23/h11-12,18-19,24,29,31H,4-10,13-17,20-21H2,1-3H3,(H,37,38)/t24-,29?,31?/m1/s1. The SMILES string of the molecule is COc1cc(CCCCO[C@@H]2CCN(C(C(=O)O)c3cc(F)ccc3C3CCC(C)(C)CO3)C2)nc2c1CCCC2. The van der Waals surface area contributed by atoms with Gasteiger partial charge in [0.15, 0.2) is 0 Å². The van der Waals surface area contributed by atoms with Crippen LogP contribution >= 0.6 is 0 Å². The minimum Gasteiger partial charge on any atom is -0.496 e. The summed E-state index contributed by atoms with van der Waals surface area (Å²) in [4.78, 5) is 19.4. The number of likely N-dealkylation sites (tertiary alicyclic amines) is 1. The Bertz CT molecular complexity index is 1190. The van der Waals surface area contributed by atoms with E-state index in [2.05, 4.69) is 19.9 Å². The van der Waals surface area contributed by atoms with Gasteiger partial charge in [-0.25, -0.2) is 4.39 Å². The van der Waals surface area contributed by atoms with Crippen LogP contribution in [0.3, 0.4) is 0 Å².